The van der Waals surface area contributed by atoms with Gasteiger partial charge in [0.1, 0.15) is 0 Å². The summed E-state index contributed by atoms with van der Waals surface area (Å²) >= 11 is 1.79. The molecular weight excluding hydrogens is 366 g/mol. The molecule has 2 heterocycles. The van der Waals surface area contributed by atoms with Crippen molar-refractivity contribution >= 4 is 38.4 Å². The van der Waals surface area contributed by atoms with Crippen LogP contribution in [0, 0.1) is 0 Å². The van der Waals surface area contributed by atoms with Crippen LogP contribution in [0.2, 0.25) is 0 Å². The molecule has 2 aromatic carbocycles. The van der Waals surface area contributed by atoms with Gasteiger partial charge in [-0.3, -0.25) is 4.99 Å². The normalized spacial score (nSPS) is 12.0. The van der Waals surface area contributed by atoms with Crippen molar-refractivity contribution in [2.75, 3.05) is 20.1 Å². The van der Waals surface area contributed by atoms with Crippen LogP contribution in [-0.2, 0) is 12.8 Å². The molecule has 0 unspecified atom stereocenters. The molecule has 6 heteroatoms. The number of H-pyrrole nitrogens is 1. The predicted octanol–water partition coefficient (Wildman–Crippen LogP) is 4.12. The lowest BCUT2D eigenvalue weighted by molar-refractivity contribution is 0.738. The Labute approximate surface area is 168 Å². The van der Waals surface area contributed by atoms with Crippen LogP contribution in [0.3, 0.4) is 0 Å². The van der Waals surface area contributed by atoms with Crippen molar-refractivity contribution in [3.8, 4) is 0 Å². The number of aromatic amines is 1. The summed E-state index contributed by atoms with van der Waals surface area (Å²) < 4.78 is 1.26. The number of aliphatic imine (C=N–C) groups is 1. The molecular formula is C22H25N5S. The smallest absolute Gasteiger partial charge is 0.190 e. The zero-order valence-electron chi connectivity index (χ0n) is 16.0. The summed E-state index contributed by atoms with van der Waals surface area (Å²) in [6.45, 7) is 1.72. The number of nitrogens with zero attached hydrogens (tertiary/aromatic N) is 2. The van der Waals surface area contributed by atoms with Crippen LogP contribution in [0.4, 0.5) is 0 Å². The molecule has 2 aromatic heterocycles. The lowest BCUT2D eigenvalue weighted by atomic mass is 10.1. The Balaban J connectivity index is 1.20. The highest BCUT2D eigenvalue weighted by Gasteiger charge is 2.05. The predicted molar refractivity (Wildman–Crippen MR) is 119 cm³/mol. The van der Waals surface area contributed by atoms with Gasteiger partial charge in [0.05, 0.1) is 15.2 Å². The molecule has 4 aromatic rings. The van der Waals surface area contributed by atoms with Gasteiger partial charge in [0.25, 0.3) is 0 Å². The molecule has 4 rings (SSSR count). The topological polar surface area (TPSA) is 65.1 Å². The van der Waals surface area contributed by atoms with E-state index in [1.807, 2.05) is 13.1 Å². The first kappa shape index (κ1) is 18.5. The number of fused-ring (bicyclic) bond motifs is 2. The third-order valence-electron chi connectivity index (χ3n) is 4.78. The van der Waals surface area contributed by atoms with Gasteiger partial charge < -0.3 is 15.6 Å². The van der Waals surface area contributed by atoms with E-state index in [2.05, 4.69) is 69.3 Å². The molecule has 0 bridgehead atoms. The fourth-order valence-electron chi connectivity index (χ4n) is 3.35. The van der Waals surface area contributed by atoms with Crippen LogP contribution < -0.4 is 10.6 Å². The van der Waals surface area contributed by atoms with Crippen molar-refractivity contribution in [1.82, 2.24) is 20.6 Å². The summed E-state index contributed by atoms with van der Waals surface area (Å²) in [6.07, 6.45) is 5.07. The molecule has 0 atom stereocenters. The van der Waals surface area contributed by atoms with Crippen LogP contribution >= 0.6 is 11.3 Å². The zero-order valence-corrected chi connectivity index (χ0v) is 16.9. The third-order valence-corrected chi connectivity index (χ3v) is 5.88. The Kier molecular flexibility index (Phi) is 5.87. The number of aromatic nitrogens is 2. The van der Waals surface area contributed by atoms with E-state index in [4.69, 9.17) is 4.98 Å². The molecule has 0 spiro atoms. The van der Waals surface area contributed by atoms with Gasteiger partial charge in [-0.25, -0.2) is 4.98 Å². The first-order valence-electron chi connectivity index (χ1n) is 9.67. The van der Waals surface area contributed by atoms with E-state index >= 15 is 0 Å². The van der Waals surface area contributed by atoms with Gasteiger partial charge in [0.15, 0.2) is 5.96 Å². The summed E-state index contributed by atoms with van der Waals surface area (Å²) in [4.78, 5) is 12.3. The third kappa shape index (κ3) is 4.34. The van der Waals surface area contributed by atoms with E-state index in [-0.39, 0.29) is 0 Å². The molecule has 0 amide bonds. The Morgan fingerprint density at radius 2 is 1.86 bits per heavy atom. The van der Waals surface area contributed by atoms with Gasteiger partial charge in [-0.1, -0.05) is 30.3 Å². The number of guanidine groups is 1. The molecule has 3 N–H and O–H groups in total. The first-order valence-corrected chi connectivity index (χ1v) is 10.5. The van der Waals surface area contributed by atoms with Gasteiger partial charge in [-0.15, -0.1) is 11.3 Å². The molecule has 28 heavy (non-hydrogen) atoms. The SMILES string of the molecule is CN=C(NCCCc1nc2ccccc2s1)NCCc1c[nH]c2ccccc12. The van der Waals surface area contributed by atoms with Crippen LogP contribution in [0.1, 0.15) is 17.0 Å². The monoisotopic (exact) mass is 391 g/mol. The Morgan fingerprint density at radius 1 is 1.04 bits per heavy atom. The van der Waals surface area contributed by atoms with Gasteiger partial charge in [0, 0.05) is 43.7 Å². The second-order valence-corrected chi connectivity index (χ2v) is 7.83. The highest BCUT2D eigenvalue weighted by Crippen LogP contribution is 2.22. The molecule has 144 valence electrons. The minimum absolute atomic E-state index is 0.847. The van der Waals surface area contributed by atoms with E-state index in [1.165, 1.54) is 26.2 Å². The minimum atomic E-state index is 0.847. The van der Waals surface area contributed by atoms with E-state index < -0.39 is 0 Å². The molecule has 0 saturated carbocycles. The lowest BCUT2D eigenvalue weighted by Crippen LogP contribution is -2.38. The van der Waals surface area contributed by atoms with Crippen LogP contribution in [0.15, 0.2) is 59.7 Å². The summed E-state index contributed by atoms with van der Waals surface area (Å²) in [5, 5.41) is 9.30. The maximum atomic E-state index is 4.69. The summed E-state index contributed by atoms with van der Waals surface area (Å²) in [5.74, 6) is 0.851. The number of rotatable bonds is 7. The average Bonchev–Trinajstić information content (AvgIpc) is 3.33. The standard InChI is InChI=1S/C22H25N5S/c1-23-22(25-14-12-16-15-26-18-8-3-2-7-17(16)18)24-13-6-11-21-27-19-9-4-5-10-20(19)28-21/h2-5,7-10,15,26H,6,11-14H2,1H3,(H2,23,24,25). The quantitative estimate of drug-likeness (QED) is 0.252. The second-order valence-electron chi connectivity index (χ2n) is 6.71. The van der Waals surface area contributed by atoms with Crippen molar-refractivity contribution in [3.05, 3.63) is 65.3 Å². The van der Waals surface area contributed by atoms with Gasteiger partial charge in [-0.2, -0.15) is 0 Å². The number of hydrogen-bond acceptors (Lipinski definition) is 3. The molecule has 0 aliphatic carbocycles. The minimum Gasteiger partial charge on any atom is -0.361 e. The number of para-hydroxylation sites is 2. The molecule has 5 nitrogen and oxygen atoms in total. The van der Waals surface area contributed by atoms with Crippen molar-refractivity contribution in [2.24, 2.45) is 4.99 Å². The van der Waals surface area contributed by atoms with Gasteiger partial charge in [0.2, 0.25) is 0 Å². The maximum absolute atomic E-state index is 4.69. The number of thiazole rings is 1. The van der Waals surface area contributed by atoms with Crippen LogP contribution in [0.25, 0.3) is 21.1 Å². The highest BCUT2D eigenvalue weighted by atomic mass is 32.1. The van der Waals surface area contributed by atoms with E-state index in [1.54, 1.807) is 11.3 Å². The molecule has 0 saturated heterocycles. The fraction of sp³-hybridized carbons (Fsp3) is 0.273. The van der Waals surface area contributed by atoms with Gasteiger partial charge >= 0.3 is 0 Å². The number of nitrogens with one attached hydrogen (secondary N) is 3. The van der Waals surface area contributed by atoms with Gasteiger partial charge in [-0.05, 0) is 36.6 Å². The highest BCUT2D eigenvalue weighted by molar-refractivity contribution is 7.18. The maximum Gasteiger partial charge on any atom is 0.190 e. The van der Waals surface area contributed by atoms with Crippen molar-refractivity contribution in [3.63, 3.8) is 0 Å². The van der Waals surface area contributed by atoms with Crippen LogP contribution in [0.5, 0.6) is 0 Å². The zero-order chi connectivity index (χ0) is 19.2. The number of benzene rings is 2. The molecule has 0 aliphatic heterocycles. The first-order chi connectivity index (χ1) is 13.8. The molecule has 0 radical (unpaired) electrons. The Morgan fingerprint density at radius 3 is 2.75 bits per heavy atom. The lowest BCUT2D eigenvalue weighted by Gasteiger charge is -2.11. The molecule has 0 fully saturated rings. The van der Waals surface area contributed by atoms with Crippen molar-refractivity contribution in [1.29, 1.82) is 0 Å². The Bertz CT molecular complexity index is 1050. The summed E-state index contributed by atoms with van der Waals surface area (Å²) in [5.41, 5.74) is 3.62. The largest absolute Gasteiger partial charge is 0.361 e. The number of hydrogen-bond donors (Lipinski definition) is 3. The Hall–Kier alpha value is -2.86. The van der Waals surface area contributed by atoms with E-state index in [0.29, 0.717) is 0 Å². The summed E-state index contributed by atoms with van der Waals surface area (Å²) in [6, 6.07) is 16.7. The van der Waals surface area contributed by atoms with Crippen LogP contribution in [-0.4, -0.2) is 36.1 Å². The van der Waals surface area contributed by atoms with Crippen molar-refractivity contribution < 1.29 is 0 Å². The number of aryl methyl sites for hydroxylation is 1. The summed E-state index contributed by atoms with van der Waals surface area (Å²) in [7, 11) is 1.81. The molecule has 0 aliphatic rings. The second kappa shape index (κ2) is 8.89. The fourth-order valence-corrected chi connectivity index (χ4v) is 4.36. The van der Waals surface area contributed by atoms with E-state index in [9.17, 15) is 0 Å². The van der Waals surface area contributed by atoms with E-state index in [0.717, 1.165) is 43.8 Å². The van der Waals surface area contributed by atoms with Crippen molar-refractivity contribution in [2.45, 2.75) is 19.3 Å². The average molecular weight is 392 g/mol.